The smallest absolute Gasteiger partial charge is 0.130 e. The van der Waals surface area contributed by atoms with Gasteiger partial charge >= 0.3 is 0 Å². The molecule has 10 heavy (non-hydrogen) atoms. The summed E-state index contributed by atoms with van der Waals surface area (Å²) < 4.78 is 0. The molecule has 0 bridgehead atoms. The van der Waals surface area contributed by atoms with Gasteiger partial charge in [-0.2, -0.15) is 0 Å². The minimum absolute atomic E-state index is 0.227. The van der Waals surface area contributed by atoms with Crippen molar-refractivity contribution in [3.63, 3.8) is 0 Å². The number of carbonyl (C=O) groups is 1. The maximum Gasteiger partial charge on any atom is 0.130 e. The van der Waals surface area contributed by atoms with Crippen LogP contribution >= 0.6 is 0 Å². The van der Waals surface area contributed by atoms with Gasteiger partial charge < -0.3 is 9.90 Å². The SMILES string of the molecule is CC1=C(O)C(C=O)CC1C. The first-order chi connectivity index (χ1) is 4.66. The van der Waals surface area contributed by atoms with Crippen LogP contribution in [0.25, 0.3) is 0 Å². The summed E-state index contributed by atoms with van der Waals surface area (Å²) in [6.07, 6.45) is 1.60. The average Bonchev–Trinajstić information content (AvgIpc) is 2.17. The van der Waals surface area contributed by atoms with Crippen molar-refractivity contribution in [2.45, 2.75) is 20.3 Å². The lowest BCUT2D eigenvalue weighted by Gasteiger charge is -1.99. The number of hydrogen-bond donors (Lipinski definition) is 1. The Bertz CT molecular complexity index is 182. The maximum atomic E-state index is 10.3. The Kier molecular flexibility index (Phi) is 1.79. The van der Waals surface area contributed by atoms with E-state index < -0.39 is 0 Å². The second-order valence-electron chi connectivity index (χ2n) is 2.95. The van der Waals surface area contributed by atoms with Crippen molar-refractivity contribution in [3.05, 3.63) is 11.3 Å². The first-order valence-corrected chi connectivity index (χ1v) is 3.51. The van der Waals surface area contributed by atoms with Gasteiger partial charge in [0.2, 0.25) is 0 Å². The minimum Gasteiger partial charge on any atom is -0.512 e. The van der Waals surface area contributed by atoms with Crippen LogP contribution in [0, 0.1) is 11.8 Å². The van der Waals surface area contributed by atoms with Crippen LogP contribution in [-0.2, 0) is 4.79 Å². The van der Waals surface area contributed by atoms with Crippen LogP contribution in [0.2, 0.25) is 0 Å². The molecule has 0 aromatic rings. The normalized spacial score (nSPS) is 33.0. The molecule has 0 heterocycles. The van der Waals surface area contributed by atoms with Crippen LogP contribution in [0.5, 0.6) is 0 Å². The molecule has 0 aromatic carbocycles. The van der Waals surface area contributed by atoms with Gasteiger partial charge in [0.1, 0.15) is 12.0 Å². The molecular weight excluding hydrogens is 128 g/mol. The van der Waals surface area contributed by atoms with E-state index in [-0.39, 0.29) is 5.92 Å². The highest BCUT2D eigenvalue weighted by Crippen LogP contribution is 2.33. The Morgan fingerprint density at radius 1 is 1.70 bits per heavy atom. The quantitative estimate of drug-likeness (QED) is 0.562. The van der Waals surface area contributed by atoms with Gasteiger partial charge in [0.05, 0.1) is 5.92 Å². The molecular formula is C8H12O2. The number of aliphatic hydroxyl groups is 1. The van der Waals surface area contributed by atoms with Crippen molar-refractivity contribution < 1.29 is 9.90 Å². The molecule has 0 aromatic heterocycles. The Morgan fingerprint density at radius 2 is 2.30 bits per heavy atom. The first-order valence-electron chi connectivity index (χ1n) is 3.51. The third-order valence-corrected chi connectivity index (χ3v) is 2.27. The summed E-state index contributed by atoms with van der Waals surface area (Å²) in [5, 5.41) is 9.28. The highest BCUT2D eigenvalue weighted by Gasteiger charge is 2.27. The molecule has 1 rings (SSSR count). The molecule has 2 heteroatoms. The monoisotopic (exact) mass is 140 g/mol. The second-order valence-corrected chi connectivity index (χ2v) is 2.95. The van der Waals surface area contributed by atoms with Gasteiger partial charge in [-0.15, -0.1) is 0 Å². The summed E-state index contributed by atoms with van der Waals surface area (Å²) in [5.41, 5.74) is 0.970. The predicted molar refractivity (Wildman–Crippen MR) is 38.7 cm³/mol. The Hall–Kier alpha value is -0.790. The lowest BCUT2D eigenvalue weighted by Crippen LogP contribution is -2.00. The van der Waals surface area contributed by atoms with E-state index in [1.54, 1.807) is 0 Å². The summed E-state index contributed by atoms with van der Waals surface area (Å²) in [7, 11) is 0. The van der Waals surface area contributed by atoms with E-state index in [9.17, 15) is 9.90 Å². The Morgan fingerprint density at radius 3 is 2.50 bits per heavy atom. The van der Waals surface area contributed by atoms with Crippen LogP contribution in [0.15, 0.2) is 11.3 Å². The topological polar surface area (TPSA) is 37.3 Å². The van der Waals surface area contributed by atoms with Crippen molar-refractivity contribution in [2.75, 3.05) is 0 Å². The van der Waals surface area contributed by atoms with Crippen LogP contribution in [0.4, 0.5) is 0 Å². The van der Waals surface area contributed by atoms with E-state index in [1.807, 2.05) is 13.8 Å². The van der Waals surface area contributed by atoms with Gasteiger partial charge in [-0.05, 0) is 24.8 Å². The molecule has 56 valence electrons. The number of rotatable bonds is 1. The molecule has 0 fully saturated rings. The number of hydrogen-bond acceptors (Lipinski definition) is 2. The van der Waals surface area contributed by atoms with Crippen LogP contribution in [-0.4, -0.2) is 11.4 Å². The molecule has 2 atom stereocenters. The van der Waals surface area contributed by atoms with Crippen LogP contribution in [0.3, 0.4) is 0 Å². The number of carbonyl (C=O) groups excluding carboxylic acids is 1. The standard InChI is InChI=1S/C8H12O2/c1-5-3-7(4-9)8(10)6(5)2/h4-5,7,10H,3H2,1-2H3. The van der Waals surface area contributed by atoms with E-state index in [0.29, 0.717) is 11.7 Å². The summed E-state index contributed by atoms with van der Waals surface area (Å²) in [6, 6.07) is 0. The Labute approximate surface area is 60.6 Å². The van der Waals surface area contributed by atoms with Gasteiger partial charge in [0, 0.05) is 0 Å². The Balaban J connectivity index is 2.82. The van der Waals surface area contributed by atoms with Crippen molar-refractivity contribution in [2.24, 2.45) is 11.8 Å². The summed E-state index contributed by atoms with van der Waals surface area (Å²) in [5.74, 6) is 0.438. The van der Waals surface area contributed by atoms with Gasteiger partial charge in [-0.25, -0.2) is 0 Å². The number of aliphatic hydroxyl groups excluding tert-OH is 1. The molecule has 0 amide bonds. The number of allylic oxidation sites excluding steroid dienone is 2. The van der Waals surface area contributed by atoms with Crippen molar-refractivity contribution in [1.82, 2.24) is 0 Å². The molecule has 1 aliphatic carbocycles. The summed E-state index contributed by atoms with van der Waals surface area (Å²) >= 11 is 0. The van der Waals surface area contributed by atoms with Crippen molar-refractivity contribution >= 4 is 6.29 Å². The molecule has 1 N–H and O–H groups in total. The second kappa shape index (κ2) is 2.45. The molecule has 2 unspecified atom stereocenters. The zero-order chi connectivity index (χ0) is 7.72. The first kappa shape index (κ1) is 7.32. The van der Waals surface area contributed by atoms with Crippen LogP contribution < -0.4 is 0 Å². The molecule has 0 aliphatic heterocycles. The fraction of sp³-hybridized carbons (Fsp3) is 0.625. The van der Waals surface area contributed by atoms with Gasteiger partial charge in [0.15, 0.2) is 0 Å². The van der Waals surface area contributed by atoms with E-state index >= 15 is 0 Å². The van der Waals surface area contributed by atoms with Gasteiger partial charge in [0.25, 0.3) is 0 Å². The predicted octanol–water partition coefficient (Wildman–Crippen LogP) is 1.67. The molecule has 1 aliphatic rings. The lowest BCUT2D eigenvalue weighted by molar-refractivity contribution is -0.110. The van der Waals surface area contributed by atoms with E-state index in [0.717, 1.165) is 18.3 Å². The van der Waals surface area contributed by atoms with Gasteiger partial charge in [-0.3, -0.25) is 0 Å². The van der Waals surface area contributed by atoms with E-state index in [2.05, 4.69) is 0 Å². The molecule has 2 nitrogen and oxygen atoms in total. The summed E-state index contributed by atoms with van der Waals surface area (Å²) in [4.78, 5) is 10.3. The highest BCUT2D eigenvalue weighted by molar-refractivity contribution is 5.59. The summed E-state index contributed by atoms with van der Waals surface area (Å²) in [6.45, 7) is 3.90. The van der Waals surface area contributed by atoms with Crippen molar-refractivity contribution in [1.29, 1.82) is 0 Å². The third-order valence-electron chi connectivity index (χ3n) is 2.27. The maximum absolute atomic E-state index is 10.3. The number of aldehydes is 1. The fourth-order valence-corrected chi connectivity index (χ4v) is 1.33. The minimum atomic E-state index is -0.227. The lowest BCUT2D eigenvalue weighted by atomic mass is 10.0. The zero-order valence-corrected chi connectivity index (χ0v) is 6.29. The van der Waals surface area contributed by atoms with Gasteiger partial charge in [-0.1, -0.05) is 6.92 Å². The molecule has 0 saturated heterocycles. The average molecular weight is 140 g/mol. The van der Waals surface area contributed by atoms with Crippen molar-refractivity contribution in [3.8, 4) is 0 Å². The van der Waals surface area contributed by atoms with E-state index in [4.69, 9.17) is 0 Å². The third kappa shape index (κ3) is 0.939. The largest absolute Gasteiger partial charge is 0.512 e. The zero-order valence-electron chi connectivity index (χ0n) is 6.29. The molecule has 0 spiro atoms. The van der Waals surface area contributed by atoms with E-state index in [1.165, 1.54) is 0 Å². The highest BCUT2D eigenvalue weighted by atomic mass is 16.3. The molecule has 0 saturated carbocycles. The molecule has 0 radical (unpaired) electrons. The van der Waals surface area contributed by atoms with Crippen LogP contribution in [0.1, 0.15) is 20.3 Å². The fourth-order valence-electron chi connectivity index (χ4n) is 1.33.